The molecule has 1 N–H and O–H groups in total. The van der Waals surface area contributed by atoms with Gasteiger partial charge in [0.15, 0.2) is 11.6 Å². The maximum Gasteiger partial charge on any atom is 0.196 e. The van der Waals surface area contributed by atoms with Crippen molar-refractivity contribution in [1.29, 1.82) is 0 Å². The summed E-state index contributed by atoms with van der Waals surface area (Å²) in [6.07, 6.45) is 0. The van der Waals surface area contributed by atoms with Gasteiger partial charge >= 0.3 is 0 Å². The maximum atomic E-state index is 13.0. The number of fused-ring (bicyclic) bond motifs is 2. The minimum atomic E-state index is -1.36. The van der Waals surface area contributed by atoms with E-state index in [4.69, 9.17) is 11.6 Å². The standard InChI is InChI=1S/C21H12ClNO4/c22-11-9-15-18(20(25)13-6-2-1-5-12(13)19(15)24)17(10-11)23-16-8-4-3-7-14(16)21(26)27/h1-10,23H,(H,26,27)/p-1. The molecule has 0 aromatic heterocycles. The van der Waals surface area contributed by atoms with Gasteiger partial charge in [-0.1, -0.05) is 54.1 Å². The molecule has 132 valence electrons. The molecule has 0 saturated heterocycles. The summed E-state index contributed by atoms with van der Waals surface area (Å²) in [5.41, 5.74) is 1.39. The summed E-state index contributed by atoms with van der Waals surface area (Å²) in [4.78, 5) is 37.2. The molecule has 0 saturated carbocycles. The molecule has 27 heavy (non-hydrogen) atoms. The van der Waals surface area contributed by atoms with Gasteiger partial charge in [0.1, 0.15) is 0 Å². The Kier molecular flexibility index (Phi) is 4.01. The lowest BCUT2D eigenvalue weighted by molar-refractivity contribution is -0.254. The number of aromatic carboxylic acids is 1. The average Bonchev–Trinajstić information content (AvgIpc) is 2.66. The van der Waals surface area contributed by atoms with E-state index in [9.17, 15) is 19.5 Å². The Morgan fingerprint density at radius 3 is 2.15 bits per heavy atom. The first-order valence-corrected chi connectivity index (χ1v) is 8.44. The van der Waals surface area contributed by atoms with Crippen LogP contribution in [0.2, 0.25) is 5.02 Å². The highest BCUT2D eigenvalue weighted by atomic mass is 35.5. The van der Waals surface area contributed by atoms with Crippen molar-refractivity contribution in [2.45, 2.75) is 0 Å². The van der Waals surface area contributed by atoms with E-state index in [1.807, 2.05) is 0 Å². The number of anilines is 2. The smallest absolute Gasteiger partial charge is 0.196 e. The maximum absolute atomic E-state index is 13.0. The van der Waals surface area contributed by atoms with Crippen molar-refractivity contribution >= 4 is 40.5 Å². The number of ketones is 2. The van der Waals surface area contributed by atoms with Crippen LogP contribution < -0.4 is 10.4 Å². The lowest BCUT2D eigenvalue weighted by atomic mass is 9.83. The number of benzene rings is 3. The molecule has 0 bridgehead atoms. The fourth-order valence-corrected chi connectivity index (χ4v) is 3.42. The summed E-state index contributed by atoms with van der Waals surface area (Å²) in [6, 6.07) is 15.6. The zero-order chi connectivity index (χ0) is 19.1. The zero-order valence-corrected chi connectivity index (χ0v) is 14.5. The molecule has 0 aliphatic heterocycles. The first-order valence-electron chi connectivity index (χ1n) is 8.06. The SMILES string of the molecule is O=C([O-])c1ccccc1Nc1cc(Cl)cc2c1C(=O)c1ccccc1C2=O. The van der Waals surface area contributed by atoms with Gasteiger partial charge < -0.3 is 15.2 Å². The van der Waals surface area contributed by atoms with Crippen molar-refractivity contribution < 1.29 is 19.5 Å². The highest BCUT2D eigenvalue weighted by Gasteiger charge is 2.32. The van der Waals surface area contributed by atoms with Crippen LogP contribution in [-0.2, 0) is 0 Å². The number of carbonyl (C=O) groups excluding carboxylic acids is 3. The normalized spacial score (nSPS) is 12.3. The number of carboxylic acids is 1. The summed E-state index contributed by atoms with van der Waals surface area (Å²) in [7, 11) is 0. The Morgan fingerprint density at radius 2 is 1.44 bits per heavy atom. The molecular formula is C21H11ClNO4-. The Balaban J connectivity index is 1.90. The molecule has 6 heteroatoms. The Morgan fingerprint density at radius 1 is 0.815 bits per heavy atom. The molecule has 1 aliphatic rings. The highest BCUT2D eigenvalue weighted by Crippen LogP contribution is 2.36. The number of hydrogen-bond donors (Lipinski definition) is 1. The van der Waals surface area contributed by atoms with E-state index in [1.54, 1.807) is 42.5 Å². The van der Waals surface area contributed by atoms with Gasteiger partial charge in [-0.3, -0.25) is 9.59 Å². The first kappa shape index (κ1) is 17.0. The summed E-state index contributed by atoms with van der Waals surface area (Å²) in [5, 5.41) is 14.5. The zero-order valence-electron chi connectivity index (χ0n) is 13.8. The molecular weight excluding hydrogens is 366 g/mol. The second kappa shape index (κ2) is 6.37. The lowest BCUT2D eigenvalue weighted by Crippen LogP contribution is -2.24. The second-order valence-electron chi connectivity index (χ2n) is 6.04. The third-order valence-corrected chi connectivity index (χ3v) is 4.63. The van der Waals surface area contributed by atoms with Gasteiger partial charge in [-0.05, 0) is 18.2 Å². The third-order valence-electron chi connectivity index (χ3n) is 4.41. The average molecular weight is 377 g/mol. The molecule has 0 spiro atoms. The second-order valence-corrected chi connectivity index (χ2v) is 6.47. The first-order chi connectivity index (χ1) is 13.0. The fraction of sp³-hybridized carbons (Fsp3) is 0. The molecule has 0 fully saturated rings. The minimum absolute atomic E-state index is 0.0683. The molecule has 4 rings (SSSR count). The van der Waals surface area contributed by atoms with E-state index in [2.05, 4.69) is 5.32 Å². The number of carboxylic acid groups (broad SMARTS) is 1. The molecule has 0 unspecified atom stereocenters. The van der Waals surface area contributed by atoms with E-state index >= 15 is 0 Å². The predicted octanol–water partition coefficient (Wildman–Crippen LogP) is 3.22. The van der Waals surface area contributed by atoms with Gasteiger partial charge in [0.25, 0.3) is 0 Å². The van der Waals surface area contributed by atoms with Gasteiger partial charge in [0.2, 0.25) is 0 Å². The van der Waals surface area contributed by atoms with Crippen LogP contribution >= 0.6 is 11.6 Å². The van der Waals surface area contributed by atoms with Crippen molar-refractivity contribution in [1.82, 2.24) is 0 Å². The summed E-state index contributed by atoms with van der Waals surface area (Å²) in [6.45, 7) is 0. The number of carbonyl (C=O) groups is 3. The quantitative estimate of drug-likeness (QED) is 0.593. The van der Waals surface area contributed by atoms with E-state index in [0.717, 1.165) is 0 Å². The van der Waals surface area contributed by atoms with Crippen LogP contribution in [0.1, 0.15) is 42.2 Å². The van der Waals surface area contributed by atoms with Gasteiger partial charge in [0, 0.05) is 33.0 Å². The van der Waals surface area contributed by atoms with Crippen LogP contribution in [0.3, 0.4) is 0 Å². The highest BCUT2D eigenvalue weighted by molar-refractivity contribution is 6.35. The predicted molar refractivity (Wildman–Crippen MR) is 98.8 cm³/mol. The van der Waals surface area contributed by atoms with Gasteiger partial charge in [-0.25, -0.2) is 0 Å². The van der Waals surface area contributed by atoms with E-state index in [1.165, 1.54) is 18.2 Å². The third kappa shape index (κ3) is 2.78. The van der Waals surface area contributed by atoms with Crippen LogP contribution in [0.5, 0.6) is 0 Å². The van der Waals surface area contributed by atoms with Crippen molar-refractivity contribution in [3.8, 4) is 0 Å². The summed E-state index contributed by atoms with van der Waals surface area (Å²) in [5.74, 6) is -1.99. The molecule has 5 nitrogen and oxygen atoms in total. The van der Waals surface area contributed by atoms with Gasteiger partial charge in [0.05, 0.1) is 17.2 Å². The number of halogens is 1. The van der Waals surface area contributed by atoms with Gasteiger partial charge in [-0.15, -0.1) is 0 Å². The Hall–Kier alpha value is -3.44. The van der Waals surface area contributed by atoms with Crippen LogP contribution in [0.25, 0.3) is 0 Å². The van der Waals surface area contributed by atoms with Crippen molar-refractivity contribution in [2.24, 2.45) is 0 Å². The molecule has 3 aromatic rings. The molecule has 0 atom stereocenters. The number of rotatable bonds is 3. The Labute approximate surface area is 159 Å². The van der Waals surface area contributed by atoms with Crippen LogP contribution in [0, 0.1) is 0 Å². The molecule has 0 amide bonds. The topological polar surface area (TPSA) is 86.3 Å². The molecule has 0 radical (unpaired) electrons. The molecule has 3 aromatic carbocycles. The lowest BCUT2D eigenvalue weighted by Gasteiger charge is -2.22. The monoisotopic (exact) mass is 376 g/mol. The van der Waals surface area contributed by atoms with Crippen molar-refractivity contribution in [3.63, 3.8) is 0 Å². The number of hydrogen-bond acceptors (Lipinski definition) is 5. The largest absolute Gasteiger partial charge is 0.545 e. The van der Waals surface area contributed by atoms with E-state index in [0.29, 0.717) is 11.1 Å². The Bertz CT molecular complexity index is 1140. The molecule has 0 heterocycles. The minimum Gasteiger partial charge on any atom is -0.545 e. The van der Waals surface area contributed by atoms with Gasteiger partial charge in [-0.2, -0.15) is 0 Å². The van der Waals surface area contributed by atoms with Crippen molar-refractivity contribution in [3.05, 3.63) is 93.5 Å². The fourth-order valence-electron chi connectivity index (χ4n) is 3.20. The van der Waals surface area contributed by atoms with E-state index < -0.39 is 5.97 Å². The van der Waals surface area contributed by atoms with Crippen molar-refractivity contribution in [2.75, 3.05) is 5.32 Å². The summed E-state index contributed by atoms with van der Waals surface area (Å²) < 4.78 is 0. The molecule has 1 aliphatic carbocycles. The van der Waals surface area contributed by atoms with Crippen LogP contribution in [-0.4, -0.2) is 17.5 Å². The van der Waals surface area contributed by atoms with Crippen LogP contribution in [0.4, 0.5) is 11.4 Å². The summed E-state index contributed by atoms with van der Waals surface area (Å²) >= 11 is 6.16. The number of para-hydroxylation sites is 1. The van der Waals surface area contributed by atoms with Crippen LogP contribution in [0.15, 0.2) is 60.7 Å². The number of nitrogens with one attached hydrogen (secondary N) is 1. The van der Waals surface area contributed by atoms with E-state index in [-0.39, 0.29) is 44.7 Å².